The van der Waals surface area contributed by atoms with Crippen molar-refractivity contribution in [3.63, 3.8) is 0 Å². The summed E-state index contributed by atoms with van der Waals surface area (Å²) in [6.07, 6.45) is 4.43. The molecule has 1 N–H and O–H groups in total. The number of rotatable bonds is 6. The highest BCUT2D eigenvalue weighted by molar-refractivity contribution is 5.76. The smallest absolute Gasteiger partial charge is 0.410 e. The van der Waals surface area contributed by atoms with Crippen LogP contribution in [0.15, 0.2) is 24.3 Å². The zero-order valence-corrected chi connectivity index (χ0v) is 19.7. The molecule has 1 atom stereocenters. The summed E-state index contributed by atoms with van der Waals surface area (Å²) in [5.41, 5.74) is 2.06. The van der Waals surface area contributed by atoms with Crippen molar-refractivity contribution in [3.8, 4) is 0 Å². The van der Waals surface area contributed by atoms with Gasteiger partial charge >= 0.3 is 6.09 Å². The number of piperidine rings is 1. The van der Waals surface area contributed by atoms with Gasteiger partial charge in [0.2, 0.25) is 5.91 Å². The number of aryl methyl sites for hydroxylation is 1. The number of carbonyl (C=O) groups is 2. The molecule has 0 aliphatic carbocycles. The molecule has 1 unspecified atom stereocenters. The van der Waals surface area contributed by atoms with Crippen LogP contribution in [0.5, 0.6) is 0 Å². The summed E-state index contributed by atoms with van der Waals surface area (Å²) in [7, 11) is 0. The van der Waals surface area contributed by atoms with Gasteiger partial charge in [-0.3, -0.25) is 9.69 Å². The summed E-state index contributed by atoms with van der Waals surface area (Å²) in [5, 5.41) is 3.20. The molecule has 2 aliphatic heterocycles. The van der Waals surface area contributed by atoms with Crippen molar-refractivity contribution in [2.24, 2.45) is 5.92 Å². The summed E-state index contributed by atoms with van der Waals surface area (Å²) in [6.45, 7) is 11.9. The molecular weight excluding hydrogens is 390 g/mol. The van der Waals surface area contributed by atoms with Crippen LogP contribution >= 0.6 is 0 Å². The minimum absolute atomic E-state index is 0.118. The number of nitrogens with one attached hydrogen (secondary N) is 1. The third-order valence-corrected chi connectivity index (χ3v) is 6.28. The van der Waals surface area contributed by atoms with Gasteiger partial charge in [0.1, 0.15) is 5.60 Å². The van der Waals surface area contributed by atoms with Crippen LogP contribution in [0.25, 0.3) is 0 Å². The van der Waals surface area contributed by atoms with E-state index in [4.69, 9.17) is 4.74 Å². The molecule has 0 bridgehead atoms. The van der Waals surface area contributed by atoms with Crippen LogP contribution in [0.4, 0.5) is 4.79 Å². The monoisotopic (exact) mass is 429 g/mol. The molecule has 2 saturated heterocycles. The Bertz CT molecular complexity index is 727. The molecule has 0 saturated carbocycles. The Balaban J connectivity index is 1.46. The van der Waals surface area contributed by atoms with Crippen LogP contribution in [-0.2, 0) is 9.53 Å². The first-order valence-electron chi connectivity index (χ1n) is 11.8. The fraction of sp³-hybridized carbons (Fsp3) is 0.680. The molecule has 6 heteroatoms. The van der Waals surface area contributed by atoms with E-state index < -0.39 is 5.60 Å². The summed E-state index contributed by atoms with van der Waals surface area (Å²) in [6, 6.07) is 8.92. The van der Waals surface area contributed by atoms with Crippen molar-refractivity contribution in [1.82, 2.24) is 15.1 Å². The Morgan fingerprint density at radius 3 is 2.26 bits per heavy atom. The second kappa shape index (κ2) is 10.5. The molecule has 2 heterocycles. The van der Waals surface area contributed by atoms with Crippen LogP contribution in [0, 0.1) is 12.8 Å². The zero-order chi connectivity index (χ0) is 22.4. The van der Waals surface area contributed by atoms with Gasteiger partial charge in [-0.1, -0.05) is 29.8 Å². The van der Waals surface area contributed by atoms with Gasteiger partial charge in [0.15, 0.2) is 0 Å². The molecule has 0 radical (unpaired) electrons. The standard InChI is InChI=1S/C25H39N3O3/c1-19-7-9-21(10-8-19)22(27-13-5-6-14-27)18-26-23(29)17-20-11-15-28(16-12-20)24(30)31-25(2,3)4/h7-10,20,22H,5-6,11-18H2,1-4H3,(H,26,29). The van der Waals surface area contributed by atoms with E-state index in [9.17, 15) is 9.59 Å². The van der Waals surface area contributed by atoms with E-state index in [-0.39, 0.29) is 18.0 Å². The Morgan fingerprint density at radius 1 is 1.06 bits per heavy atom. The molecule has 2 amide bonds. The Morgan fingerprint density at radius 2 is 1.68 bits per heavy atom. The lowest BCUT2D eigenvalue weighted by Crippen LogP contribution is -2.43. The molecule has 2 fully saturated rings. The van der Waals surface area contributed by atoms with E-state index >= 15 is 0 Å². The highest BCUT2D eigenvalue weighted by atomic mass is 16.6. The van der Waals surface area contributed by atoms with Crippen molar-refractivity contribution < 1.29 is 14.3 Å². The average Bonchev–Trinajstić information content (AvgIpc) is 3.23. The van der Waals surface area contributed by atoms with E-state index in [1.807, 2.05) is 20.8 Å². The van der Waals surface area contributed by atoms with Gasteiger partial charge in [-0.25, -0.2) is 4.79 Å². The fourth-order valence-corrected chi connectivity index (χ4v) is 4.49. The molecule has 6 nitrogen and oxygen atoms in total. The molecule has 1 aromatic carbocycles. The lowest BCUT2D eigenvalue weighted by Gasteiger charge is -2.33. The minimum atomic E-state index is -0.475. The van der Waals surface area contributed by atoms with E-state index in [1.165, 1.54) is 24.0 Å². The normalized spacial score (nSPS) is 19.3. The van der Waals surface area contributed by atoms with E-state index in [2.05, 4.69) is 41.4 Å². The van der Waals surface area contributed by atoms with Crippen LogP contribution in [-0.4, -0.2) is 60.1 Å². The van der Waals surface area contributed by atoms with E-state index in [1.54, 1.807) is 4.90 Å². The van der Waals surface area contributed by atoms with E-state index in [0.717, 1.165) is 25.9 Å². The van der Waals surface area contributed by atoms with Gasteiger partial charge in [0.25, 0.3) is 0 Å². The van der Waals surface area contributed by atoms with Gasteiger partial charge in [-0.2, -0.15) is 0 Å². The summed E-state index contributed by atoms with van der Waals surface area (Å²) in [5.74, 6) is 0.440. The number of nitrogens with zero attached hydrogens (tertiary/aromatic N) is 2. The molecule has 3 rings (SSSR count). The maximum absolute atomic E-state index is 12.7. The first-order valence-corrected chi connectivity index (χ1v) is 11.8. The predicted octanol–water partition coefficient (Wildman–Crippen LogP) is 4.29. The van der Waals surface area contributed by atoms with Crippen molar-refractivity contribution in [2.75, 3.05) is 32.7 Å². The van der Waals surface area contributed by atoms with Crippen molar-refractivity contribution >= 4 is 12.0 Å². The molecule has 0 spiro atoms. The second-order valence-electron chi connectivity index (χ2n) is 10.1. The first-order chi connectivity index (χ1) is 14.7. The lowest BCUT2D eigenvalue weighted by molar-refractivity contribution is -0.122. The number of hydrogen-bond acceptors (Lipinski definition) is 4. The number of ether oxygens (including phenoxy) is 1. The van der Waals surface area contributed by atoms with Crippen LogP contribution in [0.2, 0.25) is 0 Å². The van der Waals surface area contributed by atoms with E-state index in [0.29, 0.717) is 32.0 Å². The largest absolute Gasteiger partial charge is 0.444 e. The third kappa shape index (κ3) is 7.23. The predicted molar refractivity (Wildman–Crippen MR) is 123 cm³/mol. The van der Waals surface area contributed by atoms with Gasteiger partial charge < -0.3 is 15.0 Å². The molecule has 0 aromatic heterocycles. The van der Waals surface area contributed by atoms with Crippen LogP contribution in [0.3, 0.4) is 0 Å². The highest BCUT2D eigenvalue weighted by Crippen LogP contribution is 2.26. The third-order valence-electron chi connectivity index (χ3n) is 6.28. The highest BCUT2D eigenvalue weighted by Gasteiger charge is 2.28. The molecular formula is C25H39N3O3. The Kier molecular flexibility index (Phi) is 7.98. The van der Waals surface area contributed by atoms with Crippen molar-refractivity contribution in [1.29, 1.82) is 0 Å². The fourth-order valence-electron chi connectivity index (χ4n) is 4.49. The average molecular weight is 430 g/mol. The number of amides is 2. The number of hydrogen-bond donors (Lipinski definition) is 1. The maximum atomic E-state index is 12.7. The Hall–Kier alpha value is -2.08. The summed E-state index contributed by atoms with van der Waals surface area (Å²) < 4.78 is 5.46. The lowest BCUT2D eigenvalue weighted by atomic mass is 9.93. The molecule has 172 valence electrons. The first kappa shape index (κ1) is 23.6. The Labute approximate surface area is 187 Å². The van der Waals surface area contributed by atoms with Gasteiger partial charge in [-0.15, -0.1) is 0 Å². The molecule has 31 heavy (non-hydrogen) atoms. The SMILES string of the molecule is Cc1ccc(C(CNC(=O)CC2CCN(C(=O)OC(C)(C)C)CC2)N2CCCC2)cc1. The van der Waals surface area contributed by atoms with Crippen LogP contribution < -0.4 is 5.32 Å². The minimum Gasteiger partial charge on any atom is -0.444 e. The summed E-state index contributed by atoms with van der Waals surface area (Å²) in [4.78, 5) is 29.2. The van der Waals surface area contributed by atoms with Gasteiger partial charge in [-0.05, 0) is 77.9 Å². The topological polar surface area (TPSA) is 61.9 Å². The molecule has 2 aliphatic rings. The maximum Gasteiger partial charge on any atom is 0.410 e. The number of benzene rings is 1. The summed E-state index contributed by atoms with van der Waals surface area (Å²) >= 11 is 0. The number of likely N-dealkylation sites (tertiary alicyclic amines) is 2. The second-order valence-corrected chi connectivity index (χ2v) is 10.1. The molecule has 1 aromatic rings. The zero-order valence-electron chi connectivity index (χ0n) is 19.7. The van der Waals surface area contributed by atoms with Gasteiger partial charge in [0.05, 0.1) is 6.04 Å². The van der Waals surface area contributed by atoms with Gasteiger partial charge in [0, 0.05) is 26.1 Å². The van der Waals surface area contributed by atoms with Crippen molar-refractivity contribution in [3.05, 3.63) is 35.4 Å². The van der Waals surface area contributed by atoms with Crippen molar-refractivity contribution in [2.45, 2.75) is 71.4 Å². The quantitative estimate of drug-likeness (QED) is 0.733. The number of carbonyl (C=O) groups excluding carboxylic acids is 2. The van der Waals surface area contributed by atoms with Crippen LogP contribution in [0.1, 0.15) is 70.0 Å².